The van der Waals surface area contributed by atoms with Crippen molar-refractivity contribution < 1.29 is 18.7 Å². The van der Waals surface area contributed by atoms with Gasteiger partial charge in [-0.2, -0.15) is 0 Å². The van der Waals surface area contributed by atoms with Gasteiger partial charge in [0, 0.05) is 11.9 Å². The number of furan rings is 1. The molecule has 23 heavy (non-hydrogen) atoms. The van der Waals surface area contributed by atoms with Crippen LogP contribution in [0, 0.1) is 6.92 Å². The second kappa shape index (κ2) is 5.57. The monoisotopic (exact) mass is 315 g/mol. The van der Waals surface area contributed by atoms with E-state index in [-0.39, 0.29) is 18.1 Å². The van der Waals surface area contributed by atoms with Crippen LogP contribution in [0.5, 0.6) is 5.75 Å². The van der Waals surface area contributed by atoms with Gasteiger partial charge in [-0.05, 0) is 44.4 Å². The Hall–Kier alpha value is -2.01. The molecular weight excluding hydrogens is 294 g/mol. The van der Waals surface area contributed by atoms with E-state index in [9.17, 15) is 4.79 Å². The average molecular weight is 315 g/mol. The number of amides is 1. The van der Waals surface area contributed by atoms with E-state index in [1.165, 1.54) is 0 Å². The molecule has 2 fully saturated rings. The summed E-state index contributed by atoms with van der Waals surface area (Å²) in [6.07, 6.45) is 3.39. The molecule has 2 heterocycles. The van der Waals surface area contributed by atoms with Crippen LogP contribution in [0.3, 0.4) is 0 Å². The summed E-state index contributed by atoms with van der Waals surface area (Å²) >= 11 is 0. The van der Waals surface area contributed by atoms with Crippen molar-refractivity contribution >= 4 is 16.9 Å². The van der Waals surface area contributed by atoms with E-state index in [0.717, 1.165) is 36.0 Å². The first kappa shape index (κ1) is 14.6. The Morgan fingerprint density at radius 3 is 3.04 bits per heavy atom. The second-order valence-electron chi connectivity index (χ2n) is 6.30. The first-order chi connectivity index (χ1) is 11.2. The molecule has 1 aromatic heterocycles. The number of nitrogens with zero attached hydrogens (tertiary/aromatic N) is 1. The molecular formula is C18H21NO4. The van der Waals surface area contributed by atoms with Gasteiger partial charge in [0.1, 0.15) is 17.1 Å². The van der Waals surface area contributed by atoms with Gasteiger partial charge < -0.3 is 18.8 Å². The van der Waals surface area contributed by atoms with E-state index < -0.39 is 0 Å². The van der Waals surface area contributed by atoms with E-state index in [1.54, 1.807) is 7.11 Å². The third-order valence-corrected chi connectivity index (χ3v) is 5.03. The lowest BCUT2D eigenvalue weighted by molar-refractivity contribution is -0.0445. The van der Waals surface area contributed by atoms with E-state index in [0.29, 0.717) is 24.5 Å². The minimum atomic E-state index is 0.0507. The van der Waals surface area contributed by atoms with Gasteiger partial charge in [-0.15, -0.1) is 0 Å². The zero-order valence-corrected chi connectivity index (χ0v) is 13.5. The van der Waals surface area contributed by atoms with Crippen LogP contribution in [0.25, 0.3) is 11.0 Å². The van der Waals surface area contributed by atoms with Gasteiger partial charge in [0.15, 0.2) is 0 Å². The minimum absolute atomic E-state index is 0.0507. The van der Waals surface area contributed by atoms with Crippen molar-refractivity contribution in [1.29, 1.82) is 0 Å². The molecule has 1 amide bonds. The van der Waals surface area contributed by atoms with Gasteiger partial charge in [0.25, 0.3) is 5.91 Å². The third kappa shape index (κ3) is 2.30. The number of morpholine rings is 1. The van der Waals surface area contributed by atoms with Crippen LogP contribution in [0.2, 0.25) is 0 Å². The Morgan fingerprint density at radius 1 is 1.35 bits per heavy atom. The van der Waals surface area contributed by atoms with Crippen LogP contribution in [-0.2, 0) is 4.74 Å². The zero-order valence-electron chi connectivity index (χ0n) is 13.5. The van der Waals surface area contributed by atoms with Crippen molar-refractivity contribution in [2.24, 2.45) is 0 Å². The van der Waals surface area contributed by atoms with Gasteiger partial charge in [0.2, 0.25) is 0 Å². The number of aryl methyl sites for hydroxylation is 1. The van der Waals surface area contributed by atoms with Gasteiger partial charge in [-0.1, -0.05) is 0 Å². The first-order valence-corrected chi connectivity index (χ1v) is 8.19. The number of hydrogen-bond acceptors (Lipinski definition) is 4. The SMILES string of the molecule is COc1ccc2oc(C)c(C(=O)N3CCO[C@H]4CCC[C@H]43)c2c1. The Balaban J connectivity index is 1.75. The van der Waals surface area contributed by atoms with Crippen LogP contribution in [0.4, 0.5) is 0 Å². The maximum atomic E-state index is 13.2. The zero-order chi connectivity index (χ0) is 16.0. The summed E-state index contributed by atoms with van der Waals surface area (Å²) in [5.74, 6) is 1.45. The molecule has 5 nitrogen and oxygen atoms in total. The van der Waals surface area contributed by atoms with Crippen molar-refractivity contribution in [3.05, 3.63) is 29.5 Å². The summed E-state index contributed by atoms with van der Waals surface area (Å²) in [4.78, 5) is 15.2. The molecule has 122 valence electrons. The highest BCUT2D eigenvalue weighted by Crippen LogP contribution is 2.34. The maximum absolute atomic E-state index is 13.2. The summed E-state index contributed by atoms with van der Waals surface area (Å²) in [5.41, 5.74) is 1.38. The van der Waals surface area contributed by atoms with Crippen molar-refractivity contribution in [3.8, 4) is 5.75 Å². The highest BCUT2D eigenvalue weighted by Gasteiger charge is 2.39. The number of methoxy groups -OCH3 is 1. The molecule has 1 aliphatic carbocycles. The van der Waals surface area contributed by atoms with Gasteiger partial charge in [-0.3, -0.25) is 4.79 Å². The fourth-order valence-electron chi connectivity index (χ4n) is 3.91. The predicted molar refractivity (Wildman–Crippen MR) is 85.9 cm³/mol. The Labute approximate surface area is 135 Å². The Bertz CT molecular complexity index is 751. The highest BCUT2D eigenvalue weighted by atomic mass is 16.5. The molecule has 0 radical (unpaired) electrons. The van der Waals surface area contributed by atoms with Gasteiger partial charge >= 0.3 is 0 Å². The number of ether oxygens (including phenoxy) is 2. The minimum Gasteiger partial charge on any atom is -0.497 e. The largest absolute Gasteiger partial charge is 0.497 e. The molecule has 0 N–H and O–H groups in total. The molecule has 1 saturated heterocycles. The molecule has 0 bridgehead atoms. The van der Waals surface area contributed by atoms with Crippen LogP contribution in [-0.4, -0.2) is 43.2 Å². The topological polar surface area (TPSA) is 51.9 Å². The quantitative estimate of drug-likeness (QED) is 0.854. The predicted octanol–water partition coefficient (Wildman–Crippen LogP) is 3.14. The van der Waals surface area contributed by atoms with Crippen molar-refractivity contribution in [3.63, 3.8) is 0 Å². The van der Waals surface area contributed by atoms with Crippen molar-refractivity contribution in [1.82, 2.24) is 4.90 Å². The van der Waals surface area contributed by atoms with Gasteiger partial charge in [-0.25, -0.2) is 0 Å². The van der Waals surface area contributed by atoms with Crippen LogP contribution < -0.4 is 4.74 Å². The molecule has 4 rings (SSSR count). The highest BCUT2D eigenvalue weighted by molar-refractivity contribution is 6.07. The molecule has 2 aromatic rings. The molecule has 5 heteroatoms. The average Bonchev–Trinajstić information content (AvgIpc) is 3.16. The third-order valence-electron chi connectivity index (χ3n) is 5.03. The van der Waals surface area contributed by atoms with Crippen LogP contribution in [0.15, 0.2) is 22.6 Å². The van der Waals surface area contributed by atoms with Crippen molar-refractivity contribution in [2.75, 3.05) is 20.3 Å². The number of rotatable bonds is 2. The lowest BCUT2D eigenvalue weighted by atomic mass is 10.1. The fraction of sp³-hybridized carbons (Fsp3) is 0.500. The van der Waals surface area contributed by atoms with Crippen LogP contribution in [0.1, 0.15) is 35.4 Å². The molecule has 1 saturated carbocycles. The normalized spacial score (nSPS) is 24.0. The Kier molecular flexibility index (Phi) is 3.53. The maximum Gasteiger partial charge on any atom is 0.258 e. The smallest absolute Gasteiger partial charge is 0.258 e. The summed E-state index contributed by atoms with van der Waals surface area (Å²) in [7, 11) is 1.63. The molecule has 2 atom stereocenters. The van der Waals surface area contributed by atoms with Crippen LogP contribution >= 0.6 is 0 Å². The van der Waals surface area contributed by atoms with E-state index in [2.05, 4.69) is 0 Å². The molecule has 2 aliphatic rings. The summed E-state index contributed by atoms with van der Waals surface area (Å²) in [6.45, 7) is 3.12. The summed E-state index contributed by atoms with van der Waals surface area (Å²) < 4.78 is 16.9. The second-order valence-corrected chi connectivity index (χ2v) is 6.30. The molecule has 0 unspecified atom stereocenters. The number of fused-ring (bicyclic) bond motifs is 2. The van der Waals surface area contributed by atoms with E-state index in [4.69, 9.17) is 13.9 Å². The summed E-state index contributed by atoms with van der Waals surface area (Å²) in [6, 6.07) is 5.79. The van der Waals surface area contributed by atoms with Crippen molar-refractivity contribution in [2.45, 2.75) is 38.3 Å². The lowest BCUT2D eigenvalue weighted by Crippen LogP contribution is -2.51. The molecule has 1 aliphatic heterocycles. The number of carbonyl (C=O) groups is 1. The number of benzene rings is 1. The van der Waals surface area contributed by atoms with Gasteiger partial charge in [0.05, 0.1) is 31.4 Å². The lowest BCUT2D eigenvalue weighted by Gasteiger charge is -2.37. The number of carbonyl (C=O) groups excluding carboxylic acids is 1. The fourth-order valence-corrected chi connectivity index (χ4v) is 3.91. The molecule has 1 aromatic carbocycles. The van der Waals surface area contributed by atoms with E-state index in [1.807, 2.05) is 30.0 Å². The Morgan fingerprint density at radius 2 is 2.22 bits per heavy atom. The van der Waals surface area contributed by atoms with E-state index >= 15 is 0 Å². The number of hydrogen-bond donors (Lipinski definition) is 0. The summed E-state index contributed by atoms with van der Waals surface area (Å²) in [5, 5.41) is 0.827. The standard InChI is InChI=1S/C18H21NO4/c1-11-17(13-10-12(21-2)6-7-15(13)23-11)18(20)19-8-9-22-16-5-3-4-14(16)19/h6-7,10,14,16H,3-5,8-9H2,1-2H3/t14-,16+/m1/s1. The first-order valence-electron chi connectivity index (χ1n) is 8.19. The molecule has 0 spiro atoms.